The van der Waals surface area contributed by atoms with Crippen molar-refractivity contribution in [1.29, 1.82) is 0 Å². The fraction of sp³-hybridized carbons (Fsp3) is 0.0508. The smallest absolute Gasteiger partial charge is 0.143 e. The van der Waals surface area contributed by atoms with E-state index < -0.39 is 0 Å². The van der Waals surface area contributed by atoms with Gasteiger partial charge in [0.15, 0.2) is 0 Å². The summed E-state index contributed by atoms with van der Waals surface area (Å²) in [5.41, 5.74) is 17.6. The lowest BCUT2D eigenvalue weighted by molar-refractivity contribution is 0.660. The van der Waals surface area contributed by atoms with Crippen LogP contribution in [0, 0.1) is 0 Å². The van der Waals surface area contributed by atoms with E-state index in [1.807, 2.05) is 0 Å². The van der Waals surface area contributed by atoms with Crippen LogP contribution in [0.5, 0.6) is 0 Å². The van der Waals surface area contributed by atoms with Crippen molar-refractivity contribution in [3.05, 3.63) is 223 Å². The van der Waals surface area contributed by atoms with Gasteiger partial charge >= 0.3 is 0 Å². The van der Waals surface area contributed by atoms with Crippen molar-refractivity contribution < 1.29 is 4.42 Å². The molecule has 0 saturated carbocycles. The van der Waals surface area contributed by atoms with Crippen molar-refractivity contribution in [2.75, 3.05) is 4.90 Å². The minimum atomic E-state index is -0.0475. The third kappa shape index (κ3) is 5.64. The summed E-state index contributed by atoms with van der Waals surface area (Å²) in [5.74, 6) is 0. The molecule has 1 aromatic heterocycles. The molecule has 0 radical (unpaired) electrons. The first-order valence-electron chi connectivity index (χ1n) is 21.2. The molecule has 288 valence electrons. The van der Waals surface area contributed by atoms with Crippen LogP contribution in [-0.4, -0.2) is 0 Å². The molecule has 0 aliphatic heterocycles. The second-order valence-corrected chi connectivity index (χ2v) is 16.9. The van der Waals surface area contributed by atoms with Crippen molar-refractivity contribution in [3.63, 3.8) is 0 Å². The van der Waals surface area contributed by atoms with Crippen LogP contribution in [0.1, 0.15) is 25.0 Å². The number of para-hydroxylation sites is 1. The van der Waals surface area contributed by atoms with Gasteiger partial charge in [0.05, 0.1) is 0 Å². The fourth-order valence-corrected chi connectivity index (χ4v) is 9.95. The average Bonchev–Trinajstić information content (AvgIpc) is 3.82. The minimum absolute atomic E-state index is 0.0475. The number of nitrogens with zero attached hydrogens (tertiary/aromatic N) is 1. The molecule has 1 heterocycles. The Morgan fingerprint density at radius 2 is 0.852 bits per heavy atom. The molecular formula is C59H41NO. The number of rotatable bonds is 6. The summed E-state index contributed by atoms with van der Waals surface area (Å²) >= 11 is 0. The maximum atomic E-state index is 6.73. The van der Waals surface area contributed by atoms with Gasteiger partial charge in [0.2, 0.25) is 0 Å². The molecule has 0 spiro atoms. The number of anilines is 3. The molecule has 0 saturated heterocycles. The highest BCUT2D eigenvalue weighted by Crippen LogP contribution is 2.52. The Balaban J connectivity index is 0.950. The summed E-state index contributed by atoms with van der Waals surface area (Å²) in [6.07, 6.45) is 0. The normalized spacial score (nSPS) is 12.9. The van der Waals surface area contributed by atoms with Gasteiger partial charge in [0.1, 0.15) is 11.2 Å². The van der Waals surface area contributed by atoms with Gasteiger partial charge in [-0.2, -0.15) is 0 Å². The molecule has 0 amide bonds. The largest absolute Gasteiger partial charge is 0.455 e. The van der Waals surface area contributed by atoms with Crippen LogP contribution < -0.4 is 4.90 Å². The maximum Gasteiger partial charge on any atom is 0.143 e. The Bertz CT molecular complexity index is 3480. The number of hydrogen-bond donors (Lipinski definition) is 0. The van der Waals surface area contributed by atoms with Crippen molar-refractivity contribution in [2.45, 2.75) is 19.3 Å². The summed E-state index contributed by atoms with van der Waals surface area (Å²) in [5, 5.41) is 7.08. The van der Waals surface area contributed by atoms with Crippen molar-refractivity contribution in [1.82, 2.24) is 0 Å². The molecule has 11 aromatic rings. The fourth-order valence-electron chi connectivity index (χ4n) is 9.95. The molecule has 1 aliphatic carbocycles. The Morgan fingerprint density at radius 3 is 1.61 bits per heavy atom. The Labute approximate surface area is 355 Å². The van der Waals surface area contributed by atoms with E-state index in [4.69, 9.17) is 4.42 Å². The van der Waals surface area contributed by atoms with E-state index in [0.29, 0.717) is 0 Å². The van der Waals surface area contributed by atoms with Crippen LogP contribution in [0.4, 0.5) is 17.1 Å². The molecule has 61 heavy (non-hydrogen) atoms. The molecule has 0 N–H and O–H groups in total. The van der Waals surface area contributed by atoms with Crippen LogP contribution in [0.15, 0.2) is 217 Å². The third-order valence-corrected chi connectivity index (χ3v) is 13.1. The van der Waals surface area contributed by atoms with E-state index in [0.717, 1.165) is 55.5 Å². The summed E-state index contributed by atoms with van der Waals surface area (Å²) in [6, 6.07) is 77.3. The second-order valence-electron chi connectivity index (χ2n) is 16.9. The average molecular weight is 780 g/mol. The lowest BCUT2D eigenvalue weighted by Gasteiger charge is -2.26. The van der Waals surface area contributed by atoms with Crippen molar-refractivity contribution in [2.24, 2.45) is 0 Å². The van der Waals surface area contributed by atoms with Crippen LogP contribution >= 0.6 is 0 Å². The van der Waals surface area contributed by atoms with Gasteiger partial charge in [-0.25, -0.2) is 0 Å². The van der Waals surface area contributed by atoms with E-state index in [2.05, 4.69) is 231 Å². The molecular weight excluding hydrogens is 739 g/mol. The lowest BCUT2D eigenvalue weighted by Crippen LogP contribution is -2.14. The van der Waals surface area contributed by atoms with Gasteiger partial charge in [0, 0.05) is 44.2 Å². The van der Waals surface area contributed by atoms with Gasteiger partial charge < -0.3 is 9.32 Å². The standard InChI is InChI=1S/C59H41NO/c1-59(2)54-19-8-7-15-53(54)56-48(16-10-20-55(56)59)41-25-32-46(33-26-41)60(45-30-23-39(24-31-45)44-22-21-38-11-3-4-13-43(38)37-44)47-34-27-42(28-35-47)50-17-9-18-51-52-36-29-40-12-5-6-14-49(40)58(52)61-57(50)51/h3-37H,1-2H3. The summed E-state index contributed by atoms with van der Waals surface area (Å²) in [6.45, 7) is 4.69. The van der Waals surface area contributed by atoms with Crippen LogP contribution in [0.25, 0.3) is 88.0 Å². The summed E-state index contributed by atoms with van der Waals surface area (Å²) in [7, 11) is 0. The Kier molecular flexibility index (Phi) is 7.92. The summed E-state index contributed by atoms with van der Waals surface area (Å²) in [4.78, 5) is 2.36. The molecule has 0 bridgehead atoms. The van der Waals surface area contributed by atoms with Crippen LogP contribution in [0.2, 0.25) is 0 Å². The first-order chi connectivity index (χ1) is 30.0. The van der Waals surface area contributed by atoms with Gasteiger partial charge in [-0.3, -0.25) is 0 Å². The first-order valence-corrected chi connectivity index (χ1v) is 21.2. The van der Waals surface area contributed by atoms with E-state index >= 15 is 0 Å². The van der Waals surface area contributed by atoms with Crippen LogP contribution in [0.3, 0.4) is 0 Å². The molecule has 0 atom stereocenters. The van der Waals surface area contributed by atoms with Gasteiger partial charge in [-0.05, 0) is 115 Å². The number of hydrogen-bond acceptors (Lipinski definition) is 2. The minimum Gasteiger partial charge on any atom is -0.455 e. The molecule has 1 aliphatic rings. The molecule has 12 rings (SSSR count). The Hall–Kier alpha value is -7.68. The van der Waals surface area contributed by atoms with Gasteiger partial charge in [-0.1, -0.05) is 178 Å². The Morgan fingerprint density at radius 1 is 0.344 bits per heavy atom. The quantitative estimate of drug-likeness (QED) is 0.167. The predicted molar refractivity (Wildman–Crippen MR) is 257 cm³/mol. The summed E-state index contributed by atoms with van der Waals surface area (Å²) < 4.78 is 6.73. The monoisotopic (exact) mass is 779 g/mol. The molecule has 10 aromatic carbocycles. The number of fused-ring (bicyclic) bond motifs is 9. The number of furan rings is 1. The first kappa shape index (κ1) is 35.3. The van der Waals surface area contributed by atoms with Crippen molar-refractivity contribution in [3.8, 4) is 44.5 Å². The van der Waals surface area contributed by atoms with Crippen LogP contribution in [-0.2, 0) is 5.41 Å². The highest BCUT2D eigenvalue weighted by molar-refractivity contribution is 6.17. The zero-order valence-electron chi connectivity index (χ0n) is 34.1. The molecule has 2 nitrogen and oxygen atoms in total. The van der Waals surface area contributed by atoms with Crippen molar-refractivity contribution >= 4 is 60.5 Å². The van der Waals surface area contributed by atoms with E-state index in [9.17, 15) is 0 Å². The highest BCUT2D eigenvalue weighted by atomic mass is 16.3. The lowest BCUT2D eigenvalue weighted by atomic mass is 9.82. The molecule has 0 fully saturated rings. The third-order valence-electron chi connectivity index (χ3n) is 13.1. The maximum absolute atomic E-state index is 6.73. The van der Waals surface area contributed by atoms with E-state index in [1.165, 1.54) is 60.7 Å². The zero-order chi connectivity index (χ0) is 40.7. The number of benzene rings is 10. The zero-order valence-corrected chi connectivity index (χ0v) is 34.1. The molecule has 2 heteroatoms. The second kappa shape index (κ2) is 13.7. The van der Waals surface area contributed by atoms with Gasteiger partial charge in [0.25, 0.3) is 0 Å². The van der Waals surface area contributed by atoms with E-state index in [1.54, 1.807) is 0 Å². The highest BCUT2D eigenvalue weighted by Gasteiger charge is 2.36. The van der Waals surface area contributed by atoms with Gasteiger partial charge in [-0.15, -0.1) is 0 Å². The van der Waals surface area contributed by atoms with E-state index in [-0.39, 0.29) is 5.41 Å². The topological polar surface area (TPSA) is 16.4 Å². The predicted octanol–water partition coefficient (Wildman–Crippen LogP) is 16.7. The molecule has 0 unspecified atom stereocenters. The SMILES string of the molecule is CC1(C)c2ccccc2-c2c(-c3ccc(N(c4ccc(-c5ccc6ccccc6c5)cc4)c4ccc(-c5cccc6c5oc5c7ccccc7ccc65)cc4)cc3)cccc21.